The maximum atomic E-state index is 11.8. The molecule has 0 saturated carbocycles. The van der Waals surface area contributed by atoms with E-state index in [1.807, 2.05) is 0 Å². The van der Waals surface area contributed by atoms with Crippen molar-refractivity contribution in [3.05, 3.63) is 29.3 Å². The summed E-state index contributed by atoms with van der Waals surface area (Å²) in [6, 6.07) is 4.69. The Hall–Kier alpha value is -2.24. The Morgan fingerprint density at radius 1 is 1.56 bits per heavy atom. The molecule has 6 nitrogen and oxygen atoms in total. The summed E-state index contributed by atoms with van der Waals surface area (Å²) in [5.74, 6) is -0.449. The predicted molar refractivity (Wildman–Crippen MR) is 67.7 cm³/mol. The van der Waals surface area contributed by atoms with Gasteiger partial charge in [-0.15, -0.1) is 0 Å². The fraction of sp³-hybridized carbons (Fsp3) is 0.333. The minimum Gasteiger partial charge on any atom is -0.508 e. The highest BCUT2D eigenvalue weighted by molar-refractivity contribution is 5.95. The highest BCUT2D eigenvalue weighted by atomic mass is 16.4. The van der Waals surface area contributed by atoms with Gasteiger partial charge in [0.25, 0.3) is 5.91 Å². The van der Waals surface area contributed by atoms with Crippen molar-refractivity contribution in [1.82, 2.24) is 5.32 Å². The summed E-state index contributed by atoms with van der Waals surface area (Å²) in [4.78, 5) is 11.8. The van der Waals surface area contributed by atoms with Crippen molar-refractivity contribution in [3.8, 4) is 5.75 Å². The van der Waals surface area contributed by atoms with E-state index < -0.39 is 0 Å². The molecule has 0 radical (unpaired) electrons. The van der Waals surface area contributed by atoms with Crippen LogP contribution in [0.5, 0.6) is 5.75 Å². The number of hydrogen-bond donors (Lipinski definition) is 4. The molecule has 0 heterocycles. The first kappa shape index (κ1) is 13.8. The Morgan fingerprint density at radius 3 is 2.78 bits per heavy atom. The molecule has 18 heavy (non-hydrogen) atoms. The SMILES string of the molecule is Cc1ccc(C(=O)NCC(C)C(N)=NO)cc1O. The Bertz CT molecular complexity index is 472. The third kappa shape index (κ3) is 3.38. The van der Waals surface area contributed by atoms with Crippen molar-refractivity contribution >= 4 is 11.7 Å². The molecule has 98 valence electrons. The number of carbonyl (C=O) groups excluding carboxylic acids is 1. The Labute approximate surface area is 105 Å². The first-order chi connectivity index (χ1) is 8.45. The van der Waals surface area contributed by atoms with Gasteiger partial charge < -0.3 is 21.4 Å². The number of phenolic OH excluding ortho intramolecular Hbond substituents is 1. The lowest BCUT2D eigenvalue weighted by Crippen LogP contribution is -2.34. The lowest BCUT2D eigenvalue weighted by molar-refractivity contribution is 0.0950. The molecule has 0 bridgehead atoms. The normalized spacial score (nSPS) is 13.1. The Kier molecular flexibility index (Phi) is 4.53. The summed E-state index contributed by atoms with van der Waals surface area (Å²) in [6.45, 7) is 3.73. The molecule has 5 N–H and O–H groups in total. The number of nitrogens with two attached hydrogens (primary N) is 1. The van der Waals surface area contributed by atoms with E-state index in [-0.39, 0.29) is 30.0 Å². The fourth-order valence-corrected chi connectivity index (χ4v) is 1.30. The van der Waals surface area contributed by atoms with Crippen molar-refractivity contribution in [3.63, 3.8) is 0 Å². The van der Waals surface area contributed by atoms with E-state index in [2.05, 4.69) is 10.5 Å². The molecule has 0 aliphatic heterocycles. The van der Waals surface area contributed by atoms with Crippen LogP contribution in [0.2, 0.25) is 0 Å². The van der Waals surface area contributed by atoms with Gasteiger partial charge in [0.15, 0.2) is 0 Å². The van der Waals surface area contributed by atoms with Gasteiger partial charge in [0.2, 0.25) is 0 Å². The van der Waals surface area contributed by atoms with E-state index in [0.717, 1.165) is 0 Å². The molecule has 0 fully saturated rings. The van der Waals surface area contributed by atoms with Crippen molar-refractivity contribution in [2.24, 2.45) is 16.8 Å². The van der Waals surface area contributed by atoms with Gasteiger partial charge in [-0.25, -0.2) is 0 Å². The van der Waals surface area contributed by atoms with Gasteiger partial charge in [-0.2, -0.15) is 0 Å². The molecule has 1 rings (SSSR count). The van der Waals surface area contributed by atoms with E-state index >= 15 is 0 Å². The quantitative estimate of drug-likeness (QED) is 0.275. The second-order valence-electron chi connectivity index (χ2n) is 4.14. The molecule has 1 aromatic carbocycles. The largest absolute Gasteiger partial charge is 0.508 e. The van der Waals surface area contributed by atoms with Crippen LogP contribution >= 0.6 is 0 Å². The summed E-state index contributed by atoms with van der Waals surface area (Å²) in [6.07, 6.45) is 0. The zero-order valence-electron chi connectivity index (χ0n) is 10.3. The Balaban J connectivity index is 2.63. The average molecular weight is 251 g/mol. The number of oxime groups is 1. The number of nitrogens with one attached hydrogen (secondary N) is 1. The second kappa shape index (κ2) is 5.90. The number of benzene rings is 1. The van der Waals surface area contributed by atoms with Gasteiger partial charge in [0.05, 0.1) is 0 Å². The molecule has 6 heteroatoms. The van der Waals surface area contributed by atoms with Gasteiger partial charge in [0, 0.05) is 18.0 Å². The number of aromatic hydroxyl groups is 1. The van der Waals surface area contributed by atoms with Crippen LogP contribution in [0.15, 0.2) is 23.4 Å². The molecule has 0 aliphatic carbocycles. The topological polar surface area (TPSA) is 108 Å². The smallest absolute Gasteiger partial charge is 0.251 e. The first-order valence-electron chi connectivity index (χ1n) is 5.51. The number of hydrogen-bond acceptors (Lipinski definition) is 4. The molecule has 1 unspecified atom stereocenters. The van der Waals surface area contributed by atoms with Gasteiger partial charge in [-0.05, 0) is 24.6 Å². The van der Waals surface area contributed by atoms with E-state index in [0.29, 0.717) is 11.1 Å². The number of amidine groups is 1. The number of amides is 1. The van der Waals surface area contributed by atoms with Crippen molar-refractivity contribution < 1.29 is 15.1 Å². The lowest BCUT2D eigenvalue weighted by atomic mass is 10.1. The molecule has 1 atom stereocenters. The first-order valence-corrected chi connectivity index (χ1v) is 5.51. The van der Waals surface area contributed by atoms with Crippen molar-refractivity contribution in [2.45, 2.75) is 13.8 Å². The molecule has 1 aromatic rings. The summed E-state index contributed by atoms with van der Waals surface area (Å²) in [5.41, 5.74) is 6.46. The lowest BCUT2D eigenvalue weighted by Gasteiger charge is -2.11. The number of rotatable bonds is 4. The van der Waals surface area contributed by atoms with Crippen LogP contribution < -0.4 is 11.1 Å². The van der Waals surface area contributed by atoms with E-state index in [1.54, 1.807) is 26.0 Å². The van der Waals surface area contributed by atoms with Crippen LogP contribution in [-0.4, -0.2) is 28.6 Å². The zero-order chi connectivity index (χ0) is 13.7. The van der Waals surface area contributed by atoms with Crippen LogP contribution in [0.3, 0.4) is 0 Å². The van der Waals surface area contributed by atoms with Gasteiger partial charge in [0.1, 0.15) is 11.6 Å². The average Bonchev–Trinajstić information content (AvgIpc) is 2.37. The van der Waals surface area contributed by atoms with Crippen LogP contribution in [0.25, 0.3) is 0 Å². The highest BCUT2D eigenvalue weighted by Crippen LogP contribution is 2.17. The number of nitrogens with zero attached hydrogens (tertiary/aromatic N) is 1. The van der Waals surface area contributed by atoms with E-state index in [4.69, 9.17) is 10.9 Å². The number of aryl methyl sites for hydroxylation is 1. The van der Waals surface area contributed by atoms with Gasteiger partial charge >= 0.3 is 0 Å². The second-order valence-corrected chi connectivity index (χ2v) is 4.14. The zero-order valence-corrected chi connectivity index (χ0v) is 10.3. The molecule has 0 aliphatic rings. The van der Waals surface area contributed by atoms with Crippen LogP contribution in [-0.2, 0) is 0 Å². The highest BCUT2D eigenvalue weighted by Gasteiger charge is 2.11. The Morgan fingerprint density at radius 2 is 2.22 bits per heavy atom. The standard InChI is InChI=1S/C12H17N3O3/c1-7-3-4-9(5-10(7)16)12(17)14-6-8(2)11(13)15-18/h3-5,8,16,18H,6H2,1-2H3,(H2,13,15)(H,14,17). The van der Waals surface area contributed by atoms with E-state index in [1.165, 1.54) is 6.07 Å². The predicted octanol–water partition coefficient (Wildman–Crippen LogP) is 0.813. The maximum Gasteiger partial charge on any atom is 0.251 e. The minimum atomic E-state index is -0.317. The molecular formula is C12H17N3O3. The third-order valence-electron chi connectivity index (χ3n) is 2.66. The number of carbonyl (C=O) groups is 1. The molecular weight excluding hydrogens is 234 g/mol. The minimum absolute atomic E-state index is 0.0575. The summed E-state index contributed by atoms with van der Waals surface area (Å²) in [5, 5.41) is 23.5. The molecule has 0 aromatic heterocycles. The molecule has 1 amide bonds. The van der Waals surface area contributed by atoms with Crippen molar-refractivity contribution in [1.29, 1.82) is 0 Å². The van der Waals surface area contributed by atoms with Crippen LogP contribution in [0, 0.1) is 12.8 Å². The van der Waals surface area contributed by atoms with Gasteiger partial charge in [-0.3, -0.25) is 4.79 Å². The maximum absolute atomic E-state index is 11.8. The number of phenols is 1. The van der Waals surface area contributed by atoms with Crippen molar-refractivity contribution in [2.75, 3.05) is 6.54 Å². The molecule has 0 saturated heterocycles. The molecule has 0 spiro atoms. The summed E-state index contributed by atoms with van der Waals surface area (Å²) < 4.78 is 0. The van der Waals surface area contributed by atoms with Crippen LogP contribution in [0.1, 0.15) is 22.8 Å². The van der Waals surface area contributed by atoms with E-state index in [9.17, 15) is 9.90 Å². The van der Waals surface area contributed by atoms with Gasteiger partial charge in [-0.1, -0.05) is 18.1 Å². The summed E-state index contributed by atoms with van der Waals surface area (Å²) in [7, 11) is 0. The third-order valence-corrected chi connectivity index (χ3v) is 2.66. The fourth-order valence-electron chi connectivity index (χ4n) is 1.30. The monoisotopic (exact) mass is 251 g/mol. The van der Waals surface area contributed by atoms with Crippen LogP contribution in [0.4, 0.5) is 0 Å². The summed E-state index contributed by atoms with van der Waals surface area (Å²) >= 11 is 0.